The number of hydrogen-bond acceptors (Lipinski definition) is 5. The van der Waals surface area contributed by atoms with Crippen molar-refractivity contribution in [1.82, 2.24) is 0 Å². The zero-order chi connectivity index (χ0) is 25.7. The van der Waals surface area contributed by atoms with Gasteiger partial charge in [0.2, 0.25) is 11.9 Å². The summed E-state index contributed by atoms with van der Waals surface area (Å²) in [6.45, 7) is 2.22. The van der Waals surface area contributed by atoms with Crippen molar-refractivity contribution in [3.8, 4) is 11.1 Å². The Labute approximate surface area is 212 Å². The Kier molecular flexibility index (Phi) is 6.56. The van der Waals surface area contributed by atoms with Crippen LogP contribution in [0.5, 0.6) is 0 Å². The lowest BCUT2D eigenvalue weighted by Crippen LogP contribution is -2.50. The summed E-state index contributed by atoms with van der Waals surface area (Å²) in [5.41, 5.74) is 3.57. The number of carboxylic acids is 1. The highest BCUT2D eigenvalue weighted by molar-refractivity contribution is 5.87. The van der Waals surface area contributed by atoms with Gasteiger partial charge in [0.1, 0.15) is 5.78 Å². The van der Waals surface area contributed by atoms with Crippen molar-refractivity contribution in [2.45, 2.75) is 63.3 Å². The lowest BCUT2D eigenvalue weighted by atomic mass is 9.55. The molecule has 2 fully saturated rings. The number of ketones is 1. The topological polar surface area (TPSA) is 82.1 Å². The van der Waals surface area contributed by atoms with E-state index in [0.29, 0.717) is 29.1 Å². The Morgan fingerprint density at radius 2 is 1.69 bits per heavy atom. The van der Waals surface area contributed by atoms with Gasteiger partial charge < -0.3 is 19.3 Å². The predicted octanol–water partition coefficient (Wildman–Crippen LogP) is 5.32. The molecule has 0 bridgehead atoms. The van der Waals surface area contributed by atoms with Crippen LogP contribution >= 0.6 is 0 Å². The van der Waals surface area contributed by atoms with E-state index < -0.39 is 17.9 Å². The van der Waals surface area contributed by atoms with E-state index in [1.807, 2.05) is 12.1 Å². The highest BCUT2D eigenvalue weighted by atomic mass is 16.7. The first-order valence-corrected chi connectivity index (χ1v) is 12.9. The smallest absolute Gasteiger partial charge is 0.346 e. The van der Waals surface area contributed by atoms with Gasteiger partial charge in [-0.25, -0.2) is 4.79 Å². The van der Waals surface area contributed by atoms with Crippen molar-refractivity contribution in [2.24, 2.45) is 17.3 Å². The minimum absolute atomic E-state index is 0.0988. The molecule has 0 aromatic heterocycles. The molecule has 2 aromatic rings. The van der Waals surface area contributed by atoms with E-state index in [-0.39, 0.29) is 5.41 Å². The summed E-state index contributed by atoms with van der Waals surface area (Å²) in [6, 6.07) is 14.2. The molecule has 0 heterocycles. The van der Waals surface area contributed by atoms with Crippen LogP contribution in [-0.4, -0.2) is 44.5 Å². The Morgan fingerprint density at radius 3 is 2.33 bits per heavy atom. The minimum Gasteiger partial charge on any atom is -0.479 e. The van der Waals surface area contributed by atoms with Crippen LogP contribution in [0.3, 0.4) is 0 Å². The van der Waals surface area contributed by atoms with Crippen LogP contribution in [0.4, 0.5) is 0 Å². The number of aryl methyl sites for hydroxylation is 1. The molecule has 3 aliphatic rings. The molecule has 0 aliphatic heterocycles. The van der Waals surface area contributed by atoms with E-state index in [4.69, 9.17) is 14.2 Å². The van der Waals surface area contributed by atoms with Crippen LogP contribution < -0.4 is 0 Å². The molecule has 5 atom stereocenters. The molecule has 6 heteroatoms. The third-order valence-electron chi connectivity index (χ3n) is 9.48. The Bertz CT molecular complexity index is 1150. The van der Waals surface area contributed by atoms with E-state index in [1.165, 1.54) is 32.5 Å². The van der Waals surface area contributed by atoms with Crippen LogP contribution in [-0.2, 0) is 35.8 Å². The second-order valence-corrected chi connectivity index (χ2v) is 10.9. The molecule has 5 rings (SSSR count). The summed E-state index contributed by atoms with van der Waals surface area (Å²) < 4.78 is 16.0. The highest BCUT2D eigenvalue weighted by Crippen LogP contribution is 2.59. The third-order valence-corrected chi connectivity index (χ3v) is 9.48. The average molecular weight is 493 g/mol. The van der Waals surface area contributed by atoms with Crippen LogP contribution in [0.2, 0.25) is 0 Å². The number of carboxylic acid groups (broad SMARTS) is 1. The van der Waals surface area contributed by atoms with Gasteiger partial charge in [-0.05, 0) is 72.1 Å². The molecule has 0 saturated heterocycles. The van der Waals surface area contributed by atoms with Crippen molar-refractivity contribution < 1.29 is 28.9 Å². The molecule has 1 unspecified atom stereocenters. The van der Waals surface area contributed by atoms with Crippen LogP contribution in [0.15, 0.2) is 42.5 Å². The maximum Gasteiger partial charge on any atom is 0.346 e. The van der Waals surface area contributed by atoms with Crippen molar-refractivity contribution in [2.75, 3.05) is 21.3 Å². The molecular formula is C30H36O6. The second kappa shape index (κ2) is 9.40. The predicted molar refractivity (Wildman–Crippen MR) is 136 cm³/mol. The molecule has 2 aromatic carbocycles. The maximum absolute atomic E-state index is 12.6. The molecule has 3 aliphatic carbocycles. The van der Waals surface area contributed by atoms with Crippen LogP contribution in [0, 0.1) is 17.3 Å². The quantitative estimate of drug-likeness (QED) is 0.527. The monoisotopic (exact) mass is 492 g/mol. The molecule has 2 saturated carbocycles. The van der Waals surface area contributed by atoms with E-state index in [0.717, 1.165) is 49.7 Å². The lowest BCUT2D eigenvalue weighted by Gasteiger charge is -2.48. The van der Waals surface area contributed by atoms with E-state index >= 15 is 0 Å². The molecule has 0 amide bonds. The number of carbonyl (C=O) groups excluding carboxylic acids is 1. The number of Topliss-reactive ketones (excluding diaryl/α,β-unsaturated/α-hetero) is 1. The van der Waals surface area contributed by atoms with Crippen LogP contribution in [0.1, 0.15) is 61.6 Å². The minimum atomic E-state index is -1.77. The molecular weight excluding hydrogens is 456 g/mol. The fraction of sp³-hybridized carbons (Fsp3) is 0.533. The van der Waals surface area contributed by atoms with E-state index in [2.05, 4.69) is 25.1 Å². The maximum atomic E-state index is 12.6. The Morgan fingerprint density at radius 1 is 1.00 bits per heavy atom. The first-order chi connectivity index (χ1) is 17.3. The summed E-state index contributed by atoms with van der Waals surface area (Å²) in [5.74, 6) is 0.996. The summed E-state index contributed by atoms with van der Waals surface area (Å²) in [4.78, 5) is 24.9. The highest BCUT2D eigenvalue weighted by Gasteiger charge is 2.54. The average Bonchev–Trinajstić information content (AvgIpc) is 3.21. The summed E-state index contributed by atoms with van der Waals surface area (Å²) in [6.07, 6.45) is 5.01. The Balaban J connectivity index is 1.42. The number of carbonyl (C=O) groups is 2. The van der Waals surface area contributed by atoms with Crippen molar-refractivity contribution >= 4 is 11.8 Å². The van der Waals surface area contributed by atoms with Crippen molar-refractivity contribution in [3.63, 3.8) is 0 Å². The van der Waals surface area contributed by atoms with Gasteiger partial charge in [0.05, 0.1) is 0 Å². The number of aliphatic carboxylic acids is 1. The first kappa shape index (κ1) is 25.1. The number of ether oxygens (including phenoxy) is 3. The normalized spacial score (nSPS) is 28.8. The van der Waals surface area contributed by atoms with Gasteiger partial charge in [-0.2, -0.15) is 0 Å². The van der Waals surface area contributed by atoms with Gasteiger partial charge in [-0.15, -0.1) is 0 Å². The van der Waals surface area contributed by atoms with Crippen molar-refractivity contribution in [3.05, 3.63) is 59.2 Å². The molecule has 192 valence electrons. The van der Waals surface area contributed by atoms with Gasteiger partial charge in [-0.3, -0.25) is 4.79 Å². The number of fused-ring (bicyclic) bond motifs is 5. The summed E-state index contributed by atoms with van der Waals surface area (Å²) in [5, 5.41) is 10.0. The van der Waals surface area contributed by atoms with E-state index in [9.17, 15) is 14.7 Å². The van der Waals surface area contributed by atoms with Gasteiger partial charge in [-0.1, -0.05) is 49.4 Å². The summed E-state index contributed by atoms with van der Waals surface area (Å²) >= 11 is 0. The third kappa shape index (κ3) is 3.65. The zero-order valence-corrected chi connectivity index (χ0v) is 21.6. The number of hydrogen-bond donors (Lipinski definition) is 1. The van der Waals surface area contributed by atoms with Crippen LogP contribution in [0.25, 0.3) is 11.1 Å². The fourth-order valence-electron chi connectivity index (χ4n) is 7.53. The zero-order valence-electron chi connectivity index (χ0n) is 21.6. The largest absolute Gasteiger partial charge is 0.479 e. The molecule has 36 heavy (non-hydrogen) atoms. The summed E-state index contributed by atoms with van der Waals surface area (Å²) in [7, 11) is 4.14. The number of methoxy groups -OCH3 is 3. The SMILES string of the molecule is COC(OC)C(OC)(C(=O)O)c1ccc(-c2ccc3c(c2)CC[C@@H]2[C@@H]3CC[C@]3(C)C(=O)CC[C@@H]23)cc1. The lowest BCUT2D eigenvalue weighted by molar-refractivity contribution is -0.238. The first-order valence-electron chi connectivity index (χ1n) is 12.9. The fourth-order valence-corrected chi connectivity index (χ4v) is 7.53. The molecule has 0 radical (unpaired) electrons. The number of benzene rings is 2. The number of rotatable bonds is 7. The van der Waals surface area contributed by atoms with E-state index in [1.54, 1.807) is 12.1 Å². The van der Waals surface area contributed by atoms with Gasteiger partial charge in [0, 0.05) is 38.7 Å². The Hall–Kier alpha value is -2.54. The second-order valence-electron chi connectivity index (χ2n) is 10.9. The molecule has 0 spiro atoms. The van der Waals surface area contributed by atoms with Gasteiger partial charge in [0.25, 0.3) is 0 Å². The molecule has 1 N–H and O–H groups in total. The van der Waals surface area contributed by atoms with Crippen molar-refractivity contribution in [1.29, 1.82) is 0 Å². The van der Waals surface area contributed by atoms with Gasteiger partial charge >= 0.3 is 5.97 Å². The molecule has 6 nitrogen and oxygen atoms in total. The standard InChI is InChI=1S/C30H36O6/c1-29-16-15-23-22-11-7-19(17-20(22)8-12-24(23)25(29)13-14-26(29)31)18-5-9-21(10-6-18)30(36-4,27(32)33)28(34-2)35-3/h5-7,9-11,17,23-25,28H,8,12-16H2,1-4H3,(H,32,33)/t23-,24-,25+,29+,30?/m1/s1. The van der Waals surface area contributed by atoms with Gasteiger partial charge in [0.15, 0.2) is 0 Å².